The first-order chi connectivity index (χ1) is 13.0. The topological polar surface area (TPSA) is 98.4 Å². The van der Waals surface area contributed by atoms with E-state index in [0.717, 1.165) is 5.69 Å². The van der Waals surface area contributed by atoms with E-state index in [-0.39, 0.29) is 11.0 Å². The zero-order valence-corrected chi connectivity index (χ0v) is 15.9. The lowest BCUT2D eigenvalue weighted by Crippen LogP contribution is -2.31. The van der Waals surface area contributed by atoms with Crippen molar-refractivity contribution in [2.24, 2.45) is 0 Å². The van der Waals surface area contributed by atoms with Gasteiger partial charge in [-0.2, -0.15) is 4.31 Å². The van der Waals surface area contributed by atoms with E-state index in [1.807, 2.05) is 19.9 Å². The lowest BCUT2D eigenvalue weighted by atomic mass is 10.2. The Morgan fingerprint density at radius 2 is 2.22 bits per heavy atom. The van der Waals surface area contributed by atoms with Crippen molar-refractivity contribution in [1.29, 1.82) is 0 Å². The molecule has 0 saturated carbocycles. The van der Waals surface area contributed by atoms with Gasteiger partial charge in [-0.15, -0.1) is 0 Å². The number of nitrogens with zero attached hydrogens (tertiary/aromatic N) is 4. The van der Waals surface area contributed by atoms with Crippen molar-refractivity contribution in [3.8, 4) is 5.75 Å². The molecule has 0 aliphatic carbocycles. The molecule has 0 amide bonds. The number of pyridine rings is 2. The third kappa shape index (κ3) is 3.28. The van der Waals surface area contributed by atoms with Gasteiger partial charge in [-0.05, 0) is 38.0 Å². The first-order valence-corrected chi connectivity index (χ1v) is 10.3. The van der Waals surface area contributed by atoms with Crippen LogP contribution in [-0.4, -0.2) is 47.0 Å². The summed E-state index contributed by atoms with van der Waals surface area (Å²) in [6.07, 6.45) is 4.08. The van der Waals surface area contributed by atoms with Crippen molar-refractivity contribution in [2.75, 3.05) is 13.1 Å². The number of sulfonamides is 1. The van der Waals surface area contributed by atoms with Gasteiger partial charge < -0.3 is 9.26 Å². The summed E-state index contributed by atoms with van der Waals surface area (Å²) >= 11 is 0. The number of rotatable bonds is 5. The Balaban J connectivity index is 1.55. The van der Waals surface area contributed by atoms with Crippen LogP contribution in [0, 0.1) is 6.92 Å². The Kier molecular flexibility index (Phi) is 4.56. The smallest absolute Gasteiger partial charge is 0.258 e. The monoisotopic (exact) mass is 388 g/mol. The fourth-order valence-electron chi connectivity index (χ4n) is 3.19. The molecule has 0 bridgehead atoms. The van der Waals surface area contributed by atoms with Gasteiger partial charge in [0.15, 0.2) is 0 Å². The minimum absolute atomic E-state index is 0.145. The molecule has 1 saturated heterocycles. The van der Waals surface area contributed by atoms with Crippen LogP contribution in [0.1, 0.15) is 24.7 Å². The van der Waals surface area contributed by atoms with Crippen molar-refractivity contribution < 1.29 is 17.7 Å². The average molecular weight is 388 g/mol. The molecule has 3 aromatic rings. The second-order valence-electron chi connectivity index (χ2n) is 6.49. The lowest BCUT2D eigenvalue weighted by molar-refractivity contribution is 0.213. The second kappa shape index (κ2) is 6.90. The molecule has 4 heterocycles. The number of aromatic nitrogens is 3. The molecule has 1 atom stereocenters. The van der Waals surface area contributed by atoms with Crippen LogP contribution in [0.5, 0.6) is 5.75 Å². The van der Waals surface area contributed by atoms with Crippen LogP contribution in [0.25, 0.3) is 11.1 Å². The van der Waals surface area contributed by atoms with Gasteiger partial charge in [0.25, 0.3) is 5.71 Å². The van der Waals surface area contributed by atoms with E-state index in [1.165, 1.54) is 10.5 Å². The summed E-state index contributed by atoms with van der Waals surface area (Å²) in [4.78, 5) is 8.45. The maximum absolute atomic E-state index is 13.0. The van der Waals surface area contributed by atoms with Crippen LogP contribution in [0.4, 0.5) is 0 Å². The van der Waals surface area contributed by atoms with Crippen LogP contribution in [-0.2, 0) is 16.4 Å². The molecule has 0 radical (unpaired) electrons. The van der Waals surface area contributed by atoms with Gasteiger partial charge in [-0.3, -0.25) is 4.98 Å². The van der Waals surface area contributed by atoms with E-state index in [2.05, 4.69) is 15.1 Å². The average Bonchev–Trinajstić information content (AvgIpc) is 3.30. The first kappa shape index (κ1) is 17.9. The maximum Gasteiger partial charge on any atom is 0.258 e. The van der Waals surface area contributed by atoms with Gasteiger partial charge in [-0.1, -0.05) is 12.1 Å². The predicted octanol–water partition coefficient (Wildman–Crippen LogP) is 2.33. The van der Waals surface area contributed by atoms with Crippen molar-refractivity contribution in [2.45, 2.75) is 37.7 Å². The predicted molar refractivity (Wildman–Crippen MR) is 97.9 cm³/mol. The number of aryl methyl sites for hydroxylation is 2. The van der Waals surface area contributed by atoms with Crippen molar-refractivity contribution in [3.05, 3.63) is 42.0 Å². The highest BCUT2D eigenvalue weighted by molar-refractivity contribution is 7.89. The molecule has 0 aromatic carbocycles. The zero-order valence-electron chi connectivity index (χ0n) is 15.1. The normalized spacial score (nSPS) is 18.2. The van der Waals surface area contributed by atoms with Crippen molar-refractivity contribution in [3.63, 3.8) is 0 Å². The summed E-state index contributed by atoms with van der Waals surface area (Å²) in [5.41, 5.74) is 1.83. The summed E-state index contributed by atoms with van der Waals surface area (Å²) in [5, 5.41) is 4.57. The molecule has 27 heavy (non-hydrogen) atoms. The van der Waals surface area contributed by atoms with Crippen LogP contribution >= 0.6 is 0 Å². The van der Waals surface area contributed by atoms with Gasteiger partial charge in [0, 0.05) is 12.7 Å². The van der Waals surface area contributed by atoms with Crippen LogP contribution in [0.15, 0.2) is 40.0 Å². The highest BCUT2D eigenvalue weighted by Gasteiger charge is 2.34. The minimum Gasteiger partial charge on any atom is -0.487 e. The van der Waals surface area contributed by atoms with E-state index in [1.54, 1.807) is 18.3 Å². The standard InChI is InChI=1S/C18H20N4O4S/c1-3-16-15-9-14(10-20-18(15)26-21-16)27(23,24)22-8-6-13(11-22)25-17-5-4-7-19-12(17)2/h4-5,7,9-10,13H,3,6,8,11H2,1-2H3. The molecule has 1 aliphatic rings. The van der Waals surface area contributed by atoms with E-state index >= 15 is 0 Å². The zero-order chi connectivity index (χ0) is 19.0. The molecule has 9 heteroatoms. The Morgan fingerprint density at radius 1 is 1.37 bits per heavy atom. The van der Waals surface area contributed by atoms with E-state index < -0.39 is 10.0 Å². The molecule has 0 spiro atoms. The number of ether oxygens (including phenoxy) is 1. The van der Waals surface area contributed by atoms with Gasteiger partial charge in [0.1, 0.15) is 16.7 Å². The number of hydrogen-bond donors (Lipinski definition) is 0. The quantitative estimate of drug-likeness (QED) is 0.661. The molecule has 1 aliphatic heterocycles. The molecular formula is C18H20N4O4S. The molecule has 142 valence electrons. The van der Waals surface area contributed by atoms with Gasteiger partial charge in [0.05, 0.1) is 29.5 Å². The van der Waals surface area contributed by atoms with Gasteiger partial charge >= 0.3 is 0 Å². The van der Waals surface area contributed by atoms with E-state index in [9.17, 15) is 8.42 Å². The third-order valence-corrected chi connectivity index (χ3v) is 6.54. The summed E-state index contributed by atoms with van der Waals surface area (Å²) in [6.45, 7) is 4.48. The fourth-order valence-corrected chi connectivity index (χ4v) is 4.65. The number of fused-ring (bicyclic) bond motifs is 1. The van der Waals surface area contributed by atoms with Crippen LogP contribution < -0.4 is 4.74 Å². The molecule has 8 nitrogen and oxygen atoms in total. The lowest BCUT2D eigenvalue weighted by Gasteiger charge is -2.17. The molecule has 1 unspecified atom stereocenters. The second-order valence-corrected chi connectivity index (χ2v) is 8.42. The SMILES string of the molecule is CCc1noc2ncc(S(=O)(=O)N3CCC(Oc4cccnc4C)C3)cc12. The third-order valence-electron chi connectivity index (χ3n) is 4.71. The van der Waals surface area contributed by atoms with Gasteiger partial charge in [-0.25, -0.2) is 13.4 Å². The highest BCUT2D eigenvalue weighted by atomic mass is 32.2. The Bertz CT molecular complexity index is 1080. The molecule has 1 fully saturated rings. The minimum atomic E-state index is -3.66. The molecular weight excluding hydrogens is 368 g/mol. The molecule has 0 N–H and O–H groups in total. The summed E-state index contributed by atoms with van der Waals surface area (Å²) < 4.78 is 38.6. The highest BCUT2D eigenvalue weighted by Crippen LogP contribution is 2.27. The Labute approximate surface area is 157 Å². The molecule has 4 rings (SSSR count). The summed E-state index contributed by atoms with van der Waals surface area (Å²) in [7, 11) is -3.66. The summed E-state index contributed by atoms with van der Waals surface area (Å²) in [5.74, 6) is 0.682. The Hall–Kier alpha value is -2.52. The van der Waals surface area contributed by atoms with Crippen LogP contribution in [0.2, 0.25) is 0 Å². The number of hydrogen-bond acceptors (Lipinski definition) is 7. The van der Waals surface area contributed by atoms with E-state index in [0.29, 0.717) is 48.5 Å². The Morgan fingerprint density at radius 3 is 3.00 bits per heavy atom. The molecule has 3 aromatic heterocycles. The maximum atomic E-state index is 13.0. The van der Waals surface area contributed by atoms with Crippen LogP contribution in [0.3, 0.4) is 0 Å². The van der Waals surface area contributed by atoms with Crippen molar-refractivity contribution in [1.82, 2.24) is 19.4 Å². The first-order valence-electron chi connectivity index (χ1n) is 8.81. The van der Waals surface area contributed by atoms with Gasteiger partial charge in [0.2, 0.25) is 10.0 Å². The fraction of sp³-hybridized carbons (Fsp3) is 0.389. The largest absolute Gasteiger partial charge is 0.487 e. The van der Waals surface area contributed by atoms with E-state index in [4.69, 9.17) is 9.26 Å². The summed E-state index contributed by atoms with van der Waals surface area (Å²) in [6, 6.07) is 5.24. The van der Waals surface area contributed by atoms with Crippen molar-refractivity contribution >= 4 is 21.1 Å².